The van der Waals surface area contributed by atoms with Crippen LogP contribution in [0.5, 0.6) is 0 Å². The molecule has 1 aromatic heterocycles. The Kier molecular flexibility index (Phi) is 3.76. The molecule has 1 aliphatic carbocycles. The van der Waals surface area contributed by atoms with Crippen molar-refractivity contribution in [1.82, 2.24) is 4.98 Å². The van der Waals surface area contributed by atoms with Crippen LogP contribution in [0.3, 0.4) is 0 Å². The Morgan fingerprint density at radius 1 is 1.38 bits per heavy atom. The largest absolute Gasteiger partial charge is 0.382 e. The zero-order valence-corrected chi connectivity index (χ0v) is 9.45. The molecule has 1 saturated carbocycles. The predicted molar refractivity (Wildman–Crippen MR) is 64.0 cm³/mol. The third-order valence-electron chi connectivity index (χ3n) is 3.25. The van der Waals surface area contributed by atoms with Gasteiger partial charge in [0.2, 0.25) is 0 Å². The molecule has 3 heteroatoms. The van der Waals surface area contributed by atoms with Gasteiger partial charge in [0.05, 0.1) is 17.4 Å². The maximum absolute atomic E-state index is 8.94. The maximum Gasteiger partial charge on any atom is 0.101 e. The van der Waals surface area contributed by atoms with Gasteiger partial charge in [-0.2, -0.15) is 5.26 Å². The maximum atomic E-state index is 8.94. The van der Waals surface area contributed by atoms with Gasteiger partial charge < -0.3 is 5.32 Å². The molecule has 0 bridgehead atoms. The molecule has 0 spiro atoms. The summed E-state index contributed by atoms with van der Waals surface area (Å²) >= 11 is 0. The lowest BCUT2D eigenvalue weighted by atomic mass is 9.89. The van der Waals surface area contributed by atoms with E-state index < -0.39 is 0 Å². The first-order valence-electron chi connectivity index (χ1n) is 5.98. The van der Waals surface area contributed by atoms with E-state index in [2.05, 4.69) is 16.4 Å². The monoisotopic (exact) mass is 215 g/mol. The van der Waals surface area contributed by atoms with E-state index in [1.165, 1.54) is 32.1 Å². The van der Waals surface area contributed by atoms with Crippen molar-refractivity contribution in [2.45, 2.75) is 32.1 Å². The summed E-state index contributed by atoms with van der Waals surface area (Å²) in [5, 5.41) is 12.3. The van der Waals surface area contributed by atoms with E-state index in [1.54, 1.807) is 18.5 Å². The molecule has 1 aromatic rings. The van der Waals surface area contributed by atoms with Gasteiger partial charge in [-0.05, 0) is 24.8 Å². The highest BCUT2D eigenvalue weighted by atomic mass is 14.9. The lowest BCUT2D eigenvalue weighted by Gasteiger charge is -2.22. The summed E-state index contributed by atoms with van der Waals surface area (Å²) in [5.74, 6) is 0.764. The standard InChI is InChI=1S/C13H17N3/c14-8-12-6-7-15-10-13(12)16-9-11-4-2-1-3-5-11/h6-7,10-11,16H,1-5,9H2. The third kappa shape index (κ3) is 2.73. The van der Waals surface area contributed by atoms with Crippen molar-refractivity contribution in [3.05, 3.63) is 24.0 Å². The number of hydrogen-bond acceptors (Lipinski definition) is 3. The van der Waals surface area contributed by atoms with Crippen LogP contribution in [-0.4, -0.2) is 11.5 Å². The van der Waals surface area contributed by atoms with Crippen molar-refractivity contribution in [2.75, 3.05) is 11.9 Å². The van der Waals surface area contributed by atoms with Crippen molar-refractivity contribution < 1.29 is 0 Å². The molecular weight excluding hydrogens is 198 g/mol. The van der Waals surface area contributed by atoms with Crippen molar-refractivity contribution in [3.8, 4) is 6.07 Å². The number of rotatable bonds is 3. The summed E-state index contributed by atoms with van der Waals surface area (Å²) in [6, 6.07) is 3.93. The van der Waals surface area contributed by atoms with Gasteiger partial charge in [0.15, 0.2) is 0 Å². The Balaban J connectivity index is 1.91. The number of anilines is 1. The van der Waals surface area contributed by atoms with Gasteiger partial charge in [-0.25, -0.2) is 0 Å². The molecule has 84 valence electrons. The summed E-state index contributed by atoms with van der Waals surface area (Å²) in [4.78, 5) is 4.04. The van der Waals surface area contributed by atoms with Gasteiger partial charge in [-0.3, -0.25) is 4.98 Å². The summed E-state index contributed by atoms with van der Waals surface area (Å²) in [7, 11) is 0. The fraction of sp³-hybridized carbons (Fsp3) is 0.538. The molecule has 0 amide bonds. The van der Waals surface area contributed by atoms with E-state index in [1.807, 2.05) is 0 Å². The van der Waals surface area contributed by atoms with Crippen molar-refractivity contribution in [1.29, 1.82) is 5.26 Å². The van der Waals surface area contributed by atoms with Crippen LogP contribution in [0.1, 0.15) is 37.7 Å². The van der Waals surface area contributed by atoms with E-state index >= 15 is 0 Å². The van der Waals surface area contributed by atoms with Crippen molar-refractivity contribution in [2.24, 2.45) is 5.92 Å². The molecular formula is C13H17N3. The van der Waals surface area contributed by atoms with Gasteiger partial charge in [0.25, 0.3) is 0 Å². The molecule has 0 aromatic carbocycles. The van der Waals surface area contributed by atoms with Crippen LogP contribution in [0.15, 0.2) is 18.5 Å². The second kappa shape index (κ2) is 5.50. The third-order valence-corrected chi connectivity index (χ3v) is 3.25. The van der Waals surface area contributed by atoms with E-state index in [9.17, 15) is 0 Å². The number of pyridine rings is 1. The molecule has 0 saturated heterocycles. The summed E-state index contributed by atoms with van der Waals surface area (Å²) < 4.78 is 0. The molecule has 1 heterocycles. The van der Waals surface area contributed by atoms with Crippen LogP contribution in [0.25, 0.3) is 0 Å². The topological polar surface area (TPSA) is 48.7 Å². The molecule has 1 fully saturated rings. The average Bonchev–Trinajstić information content (AvgIpc) is 2.38. The highest BCUT2D eigenvalue weighted by Gasteiger charge is 2.13. The molecule has 0 aliphatic heterocycles. The first-order chi connectivity index (χ1) is 7.90. The minimum absolute atomic E-state index is 0.686. The summed E-state index contributed by atoms with van der Waals surface area (Å²) in [6.45, 7) is 0.973. The Hall–Kier alpha value is -1.56. The Morgan fingerprint density at radius 2 is 2.19 bits per heavy atom. The summed E-state index contributed by atoms with van der Waals surface area (Å²) in [6.07, 6.45) is 10.1. The predicted octanol–water partition coefficient (Wildman–Crippen LogP) is 2.95. The van der Waals surface area contributed by atoms with Crippen LogP contribution in [0, 0.1) is 17.2 Å². The summed E-state index contributed by atoms with van der Waals surface area (Å²) in [5.41, 5.74) is 1.56. The highest BCUT2D eigenvalue weighted by Crippen LogP contribution is 2.24. The number of nitriles is 1. The van der Waals surface area contributed by atoms with Crippen LogP contribution in [0.4, 0.5) is 5.69 Å². The minimum Gasteiger partial charge on any atom is -0.382 e. The van der Waals surface area contributed by atoms with E-state index in [-0.39, 0.29) is 0 Å². The van der Waals surface area contributed by atoms with Crippen molar-refractivity contribution in [3.63, 3.8) is 0 Å². The Morgan fingerprint density at radius 3 is 2.94 bits per heavy atom. The average molecular weight is 215 g/mol. The molecule has 0 radical (unpaired) electrons. The minimum atomic E-state index is 0.686. The lowest BCUT2D eigenvalue weighted by Crippen LogP contribution is -2.17. The van der Waals surface area contributed by atoms with E-state index in [0.29, 0.717) is 5.56 Å². The van der Waals surface area contributed by atoms with Crippen molar-refractivity contribution >= 4 is 5.69 Å². The fourth-order valence-corrected chi connectivity index (χ4v) is 2.28. The Bertz CT molecular complexity index is 375. The first-order valence-corrected chi connectivity index (χ1v) is 5.98. The Labute approximate surface area is 96.5 Å². The molecule has 2 rings (SSSR count). The molecule has 0 atom stereocenters. The zero-order chi connectivity index (χ0) is 11.2. The molecule has 16 heavy (non-hydrogen) atoms. The second-order valence-corrected chi connectivity index (χ2v) is 4.42. The van der Waals surface area contributed by atoms with Crippen LogP contribution < -0.4 is 5.32 Å². The molecule has 1 N–H and O–H groups in total. The van der Waals surface area contributed by atoms with E-state index in [0.717, 1.165) is 18.2 Å². The molecule has 1 aliphatic rings. The van der Waals surface area contributed by atoms with Crippen LogP contribution >= 0.6 is 0 Å². The van der Waals surface area contributed by atoms with Gasteiger partial charge in [0, 0.05) is 12.7 Å². The number of aromatic nitrogens is 1. The second-order valence-electron chi connectivity index (χ2n) is 4.42. The van der Waals surface area contributed by atoms with E-state index in [4.69, 9.17) is 5.26 Å². The number of nitrogens with one attached hydrogen (secondary N) is 1. The lowest BCUT2D eigenvalue weighted by molar-refractivity contribution is 0.373. The van der Waals surface area contributed by atoms with Gasteiger partial charge in [-0.15, -0.1) is 0 Å². The number of nitrogens with zero attached hydrogens (tertiary/aromatic N) is 2. The SMILES string of the molecule is N#Cc1ccncc1NCC1CCCCC1. The fourth-order valence-electron chi connectivity index (χ4n) is 2.28. The van der Waals surface area contributed by atoms with Gasteiger partial charge in [-0.1, -0.05) is 19.3 Å². The van der Waals surface area contributed by atoms with Crippen LogP contribution in [0.2, 0.25) is 0 Å². The highest BCUT2D eigenvalue weighted by molar-refractivity contribution is 5.55. The quantitative estimate of drug-likeness (QED) is 0.843. The van der Waals surface area contributed by atoms with Gasteiger partial charge >= 0.3 is 0 Å². The first kappa shape index (κ1) is 10.9. The smallest absolute Gasteiger partial charge is 0.101 e. The molecule has 0 unspecified atom stereocenters. The molecule has 3 nitrogen and oxygen atoms in total. The number of hydrogen-bond donors (Lipinski definition) is 1. The van der Waals surface area contributed by atoms with Crippen LogP contribution in [-0.2, 0) is 0 Å². The van der Waals surface area contributed by atoms with Gasteiger partial charge in [0.1, 0.15) is 6.07 Å². The zero-order valence-electron chi connectivity index (χ0n) is 9.45. The normalized spacial score (nSPS) is 16.7.